The van der Waals surface area contributed by atoms with E-state index < -0.39 is 0 Å². The van der Waals surface area contributed by atoms with Gasteiger partial charge in [0.1, 0.15) is 0 Å². The zero-order valence-corrected chi connectivity index (χ0v) is 8.76. The Morgan fingerprint density at radius 2 is 1.64 bits per heavy atom. The molecule has 14 heavy (non-hydrogen) atoms. The molecule has 0 saturated carbocycles. The molecule has 1 rings (SSSR count). The minimum atomic E-state index is 0.975. The molecule has 0 unspecified atom stereocenters. The Hall–Kier alpha value is -1.30. The third kappa shape index (κ3) is 2.35. The highest BCUT2D eigenvalue weighted by Crippen LogP contribution is 2.33. The SMILES string of the molecule is C=CCC1=CCC(CC=C)=C1CC=C. The number of rotatable bonds is 6. The van der Waals surface area contributed by atoms with Crippen LogP contribution in [0.4, 0.5) is 0 Å². The van der Waals surface area contributed by atoms with Crippen LogP contribution in [0.5, 0.6) is 0 Å². The highest BCUT2D eigenvalue weighted by atomic mass is 14.2. The van der Waals surface area contributed by atoms with Gasteiger partial charge in [0.2, 0.25) is 0 Å². The number of allylic oxidation sites excluding steroid dienone is 7. The summed E-state index contributed by atoms with van der Waals surface area (Å²) in [6.07, 6.45) is 12.3. The molecule has 0 spiro atoms. The van der Waals surface area contributed by atoms with E-state index in [1.165, 1.54) is 16.7 Å². The first kappa shape index (κ1) is 10.8. The van der Waals surface area contributed by atoms with Gasteiger partial charge in [-0.1, -0.05) is 29.9 Å². The van der Waals surface area contributed by atoms with Crippen LogP contribution in [0.1, 0.15) is 25.7 Å². The molecule has 0 saturated heterocycles. The van der Waals surface area contributed by atoms with Gasteiger partial charge in [-0.15, -0.1) is 19.7 Å². The lowest BCUT2D eigenvalue weighted by Crippen LogP contribution is -1.87. The normalized spacial score (nSPS) is 15.3. The average Bonchev–Trinajstić information content (AvgIpc) is 2.52. The Morgan fingerprint density at radius 3 is 2.21 bits per heavy atom. The van der Waals surface area contributed by atoms with Crippen molar-refractivity contribution in [3.05, 3.63) is 60.8 Å². The fourth-order valence-corrected chi connectivity index (χ4v) is 1.88. The third-order valence-electron chi connectivity index (χ3n) is 2.51. The number of hydrogen-bond acceptors (Lipinski definition) is 0. The Bertz CT molecular complexity index is 300. The van der Waals surface area contributed by atoms with Crippen LogP contribution in [-0.2, 0) is 0 Å². The van der Waals surface area contributed by atoms with Crippen LogP contribution in [0.25, 0.3) is 0 Å². The zero-order valence-electron chi connectivity index (χ0n) is 8.76. The lowest BCUT2D eigenvalue weighted by atomic mass is 9.98. The van der Waals surface area contributed by atoms with Crippen molar-refractivity contribution in [2.45, 2.75) is 25.7 Å². The average molecular weight is 186 g/mol. The standard InChI is InChI=1S/C14H18/c1-4-7-12-10-11-13(8-5-2)14(12)9-6-3/h4-6,10H,1-3,7-9,11H2. The van der Waals surface area contributed by atoms with Crippen molar-refractivity contribution >= 4 is 0 Å². The van der Waals surface area contributed by atoms with Crippen LogP contribution in [0.3, 0.4) is 0 Å². The highest BCUT2D eigenvalue weighted by Gasteiger charge is 2.13. The quantitative estimate of drug-likeness (QED) is 0.541. The Morgan fingerprint density at radius 1 is 1.00 bits per heavy atom. The van der Waals surface area contributed by atoms with Crippen molar-refractivity contribution in [1.29, 1.82) is 0 Å². The summed E-state index contributed by atoms with van der Waals surface area (Å²) in [5.74, 6) is 0. The first-order valence-electron chi connectivity index (χ1n) is 5.06. The zero-order chi connectivity index (χ0) is 10.4. The van der Waals surface area contributed by atoms with Gasteiger partial charge in [0.05, 0.1) is 0 Å². The summed E-state index contributed by atoms with van der Waals surface area (Å²) in [6.45, 7) is 11.4. The van der Waals surface area contributed by atoms with Gasteiger partial charge in [-0.2, -0.15) is 0 Å². The molecule has 1 aliphatic carbocycles. The lowest BCUT2D eigenvalue weighted by molar-refractivity contribution is 1.07. The summed E-state index contributed by atoms with van der Waals surface area (Å²) in [7, 11) is 0. The molecule has 0 N–H and O–H groups in total. The maximum absolute atomic E-state index is 3.80. The predicted molar refractivity (Wildman–Crippen MR) is 64.2 cm³/mol. The van der Waals surface area contributed by atoms with E-state index in [9.17, 15) is 0 Å². The molecule has 0 aromatic rings. The Labute approximate surface area is 87.0 Å². The molecule has 0 radical (unpaired) electrons. The second-order valence-corrected chi connectivity index (χ2v) is 3.49. The topological polar surface area (TPSA) is 0 Å². The van der Waals surface area contributed by atoms with Crippen molar-refractivity contribution in [3.63, 3.8) is 0 Å². The maximum Gasteiger partial charge on any atom is -0.00976 e. The highest BCUT2D eigenvalue weighted by molar-refractivity contribution is 5.45. The second kappa shape index (κ2) is 5.43. The molecule has 0 aliphatic heterocycles. The molecule has 74 valence electrons. The van der Waals surface area contributed by atoms with E-state index >= 15 is 0 Å². The van der Waals surface area contributed by atoms with Crippen molar-refractivity contribution in [2.24, 2.45) is 0 Å². The van der Waals surface area contributed by atoms with Crippen LogP contribution >= 0.6 is 0 Å². The first-order valence-corrected chi connectivity index (χ1v) is 5.06. The molecular weight excluding hydrogens is 168 g/mol. The minimum absolute atomic E-state index is 0.975. The van der Waals surface area contributed by atoms with Crippen molar-refractivity contribution in [3.8, 4) is 0 Å². The summed E-state index contributed by atoms with van der Waals surface area (Å²) >= 11 is 0. The van der Waals surface area contributed by atoms with E-state index in [4.69, 9.17) is 0 Å². The molecule has 0 heteroatoms. The third-order valence-corrected chi connectivity index (χ3v) is 2.51. The summed E-state index contributed by atoms with van der Waals surface area (Å²) in [5.41, 5.74) is 4.38. The van der Waals surface area contributed by atoms with Crippen LogP contribution in [0, 0.1) is 0 Å². The number of hydrogen-bond donors (Lipinski definition) is 0. The molecular formula is C14H18. The van der Waals surface area contributed by atoms with E-state index in [0.717, 1.165) is 25.7 Å². The van der Waals surface area contributed by atoms with Crippen molar-refractivity contribution in [2.75, 3.05) is 0 Å². The second-order valence-electron chi connectivity index (χ2n) is 3.49. The summed E-state index contributed by atoms with van der Waals surface area (Å²) in [4.78, 5) is 0. The van der Waals surface area contributed by atoms with Gasteiger partial charge in [0.15, 0.2) is 0 Å². The Kier molecular flexibility index (Phi) is 4.18. The molecule has 0 amide bonds. The van der Waals surface area contributed by atoms with Crippen LogP contribution < -0.4 is 0 Å². The van der Waals surface area contributed by atoms with E-state index in [1.54, 1.807) is 0 Å². The van der Waals surface area contributed by atoms with Gasteiger partial charge >= 0.3 is 0 Å². The molecule has 1 aliphatic rings. The summed E-state index contributed by atoms with van der Waals surface area (Å²) < 4.78 is 0. The molecule has 0 aromatic carbocycles. The fraction of sp³-hybridized carbons (Fsp3) is 0.286. The first-order chi connectivity index (χ1) is 6.83. The van der Waals surface area contributed by atoms with E-state index in [0.29, 0.717) is 0 Å². The summed E-state index contributed by atoms with van der Waals surface area (Å²) in [5, 5.41) is 0. The molecule has 0 heterocycles. The van der Waals surface area contributed by atoms with Gasteiger partial charge in [-0.25, -0.2) is 0 Å². The van der Waals surface area contributed by atoms with Gasteiger partial charge in [0.25, 0.3) is 0 Å². The van der Waals surface area contributed by atoms with Crippen molar-refractivity contribution < 1.29 is 0 Å². The summed E-state index contributed by atoms with van der Waals surface area (Å²) in [6, 6.07) is 0. The van der Waals surface area contributed by atoms with Crippen LogP contribution in [0.2, 0.25) is 0 Å². The monoisotopic (exact) mass is 186 g/mol. The molecule has 0 fully saturated rings. The molecule has 0 atom stereocenters. The molecule has 0 aromatic heterocycles. The van der Waals surface area contributed by atoms with Gasteiger partial charge in [-0.3, -0.25) is 0 Å². The van der Waals surface area contributed by atoms with Crippen molar-refractivity contribution in [1.82, 2.24) is 0 Å². The van der Waals surface area contributed by atoms with Gasteiger partial charge in [-0.05, 0) is 36.8 Å². The minimum Gasteiger partial charge on any atom is -0.103 e. The maximum atomic E-state index is 3.80. The van der Waals surface area contributed by atoms with E-state index in [2.05, 4.69) is 25.8 Å². The van der Waals surface area contributed by atoms with Gasteiger partial charge < -0.3 is 0 Å². The predicted octanol–water partition coefficient (Wildman–Crippen LogP) is 4.34. The molecule has 0 bridgehead atoms. The Balaban J connectivity index is 2.84. The smallest absolute Gasteiger partial charge is 0.00976 e. The van der Waals surface area contributed by atoms with E-state index in [1.807, 2.05) is 18.2 Å². The van der Waals surface area contributed by atoms with Gasteiger partial charge in [0, 0.05) is 0 Å². The molecule has 0 nitrogen and oxygen atoms in total. The van der Waals surface area contributed by atoms with E-state index in [-0.39, 0.29) is 0 Å². The lowest BCUT2D eigenvalue weighted by Gasteiger charge is -2.07. The van der Waals surface area contributed by atoms with Crippen LogP contribution in [-0.4, -0.2) is 0 Å². The fourth-order valence-electron chi connectivity index (χ4n) is 1.88. The largest absolute Gasteiger partial charge is 0.103 e. The van der Waals surface area contributed by atoms with Crippen LogP contribution in [0.15, 0.2) is 60.8 Å².